The maximum Gasteiger partial charge on any atom is 0.194 e. The maximum atomic E-state index is 13.9. The van der Waals surface area contributed by atoms with Crippen molar-refractivity contribution in [1.29, 1.82) is 0 Å². The van der Waals surface area contributed by atoms with Gasteiger partial charge in [0, 0.05) is 74.9 Å². The van der Waals surface area contributed by atoms with Gasteiger partial charge in [-0.1, -0.05) is 38.3 Å². The molecule has 6 rings (SSSR count). The van der Waals surface area contributed by atoms with Crippen LogP contribution in [0.2, 0.25) is 0 Å². The molecule has 240 valence electrons. The largest absolute Gasteiger partial charge is 0.505 e. The zero-order valence-electron chi connectivity index (χ0n) is 27.4. The van der Waals surface area contributed by atoms with Crippen LogP contribution in [0.3, 0.4) is 0 Å². The molecule has 9 nitrogen and oxygen atoms in total. The average molecular weight is 625 g/mol. The number of phenols is 2. The zero-order chi connectivity index (χ0) is 33.0. The highest BCUT2D eigenvalue weighted by atomic mass is 16.5. The lowest BCUT2D eigenvalue weighted by Crippen LogP contribution is -2.15. The lowest BCUT2D eigenvalue weighted by Gasteiger charge is -2.26. The highest BCUT2D eigenvalue weighted by molar-refractivity contribution is 6.40. The van der Waals surface area contributed by atoms with E-state index in [1.807, 2.05) is 19.9 Å². The molecule has 5 aromatic rings. The Morgan fingerprint density at radius 2 is 1.39 bits per heavy atom. The SMILES string of the molecule is CCCCN=C(C)C1C(C)=Cc2c(NCCCC)c(O)c3c(=O)cc(OC)c4c5c(OC)cc(=O)c6c(O)c(OC)c1c(c2c34)c65. The van der Waals surface area contributed by atoms with E-state index in [4.69, 9.17) is 19.2 Å². The molecule has 1 aliphatic carbocycles. The van der Waals surface area contributed by atoms with Crippen LogP contribution in [0, 0.1) is 0 Å². The summed E-state index contributed by atoms with van der Waals surface area (Å²) in [6.45, 7) is 9.37. The van der Waals surface area contributed by atoms with Crippen molar-refractivity contribution in [2.24, 2.45) is 4.99 Å². The summed E-state index contributed by atoms with van der Waals surface area (Å²) in [4.78, 5) is 32.7. The molecule has 5 aromatic carbocycles. The zero-order valence-corrected chi connectivity index (χ0v) is 27.4. The van der Waals surface area contributed by atoms with Crippen LogP contribution in [0.5, 0.6) is 28.7 Å². The van der Waals surface area contributed by atoms with E-state index in [1.165, 1.54) is 33.5 Å². The van der Waals surface area contributed by atoms with Crippen LogP contribution in [-0.4, -0.2) is 50.3 Å². The first-order valence-electron chi connectivity index (χ1n) is 15.8. The number of ether oxygens (including phenoxy) is 3. The van der Waals surface area contributed by atoms with Crippen LogP contribution >= 0.6 is 0 Å². The van der Waals surface area contributed by atoms with Crippen LogP contribution in [0.25, 0.3) is 49.2 Å². The van der Waals surface area contributed by atoms with Gasteiger partial charge in [-0.25, -0.2) is 0 Å². The number of hydrogen-bond donors (Lipinski definition) is 3. The minimum atomic E-state index is -0.446. The van der Waals surface area contributed by atoms with Crippen LogP contribution in [0.4, 0.5) is 5.69 Å². The number of methoxy groups -OCH3 is 3. The predicted molar refractivity (Wildman–Crippen MR) is 187 cm³/mol. The van der Waals surface area contributed by atoms with Crippen LogP contribution < -0.4 is 30.4 Å². The number of fused-ring (bicyclic) bond motifs is 1. The van der Waals surface area contributed by atoms with Gasteiger partial charge in [0.15, 0.2) is 28.1 Å². The Balaban J connectivity index is 2.03. The van der Waals surface area contributed by atoms with Crippen molar-refractivity contribution in [2.75, 3.05) is 39.7 Å². The molecule has 0 radical (unpaired) electrons. The molecule has 0 aliphatic heterocycles. The second-order valence-corrected chi connectivity index (χ2v) is 12.1. The molecule has 1 unspecified atom stereocenters. The first kappa shape index (κ1) is 31.2. The first-order chi connectivity index (χ1) is 22.2. The molecule has 0 bridgehead atoms. The Labute approximate surface area is 266 Å². The summed E-state index contributed by atoms with van der Waals surface area (Å²) in [6.07, 6.45) is 5.71. The number of benzene rings is 5. The molecule has 0 heterocycles. The molecule has 0 fully saturated rings. The number of phenolic OH excluding ortho intramolecular Hbond substituents is 2. The summed E-state index contributed by atoms with van der Waals surface area (Å²) in [7, 11) is 4.43. The van der Waals surface area contributed by atoms with E-state index in [9.17, 15) is 19.8 Å². The molecule has 3 N–H and O–H groups in total. The number of anilines is 1. The minimum Gasteiger partial charge on any atom is -0.505 e. The Morgan fingerprint density at radius 3 is 1.96 bits per heavy atom. The Kier molecular flexibility index (Phi) is 8.04. The summed E-state index contributed by atoms with van der Waals surface area (Å²) in [6, 6.07) is 2.69. The second kappa shape index (κ2) is 11.9. The van der Waals surface area contributed by atoms with E-state index in [2.05, 4.69) is 19.2 Å². The van der Waals surface area contributed by atoms with Crippen molar-refractivity contribution in [3.63, 3.8) is 0 Å². The lowest BCUT2D eigenvalue weighted by molar-refractivity contribution is 0.373. The number of allylic oxidation sites excluding steroid dienone is 1. The Hall–Kier alpha value is -4.79. The van der Waals surface area contributed by atoms with Gasteiger partial charge in [-0.3, -0.25) is 14.6 Å². The normalized spacial score (nSPS) is 14.9. The molecule has 1 atom stereocenters. The molecule has 0 saturated heterocycles. The molecule has 0 aromatic heterocycles. The standard InChI is InChI=1S/C37H40N2O7/c1-8-10-12-38-18(4)24-17(3)14-19-25-30-26(35(42)34(19)39-13-11-9-2)20(40)15-22(44-5)28(30)29-23(45-6)16-21(41)27-32(29)31(25)33(24)37(46-7)36(27)43/h14-16,24,39,42-43H,8-13H2,1-7H3. The molecular weight excluding hydrogens is 584 g/mol. The third-order valence-corrected chi connectivity index (χ3v) is 9.37. The first-order valence-corrected chi connectivity index (χ1v) is 15.8. The van der Waals surface area contributed by atoms with E-state index in [-0.39, 0.29) is 39.5 Å². The van der Waals surface area contributed by atoms with Crippen molar-refractivity contribution in [2.45, 2.75) is 59.3 Å². The van der Waals surface area contributed by atoms with Gasteiger partial charge >= 0.3 is 0 Å². The molecular formula is C37H40N2O7. The third-order valence-electron chi connectivity index (χ3n) is 9.37. The third kappa shape index (κ3) is 4.31. The smallest absolute Gasteiger partial charge is 0.194 e. The van der Waals surface area contributed by atoms with Gasteiger partial charge in [-0.2, -0.15) is 0 Å². The molecule has 1 aliphatic rings. The number of rotatable bonds is 11. The van der Waals surface area contributed by atoms with Crippen molar-refractivity contribution in [1.82, 2.24) is 0 Å². The number of nitrogens with one attached hydrogen (secondary N) is 1. The monoisotopic (exact) mass is 624 g/mol. The van der Waals surface area contributed by atoms with Crippen LogP contribution in [-0.2, 0) is 0 Å². The van der Waals surface area contributed by atoms with Gasteiger partial charge < -0.3 is 29.7 Å². The number of aromatic hydroxyl groups is 2. The van der Waals surface area contributed by atoms with E-state index >= 15 is 0 Å². The van der Waals surface area contributed by atoms with Crippen molar-refractivity contribution >= 4 is 60.6 Å². The van der Waals surface area contributed by atoms with Crippen LogP contribution in [0.1, 0.15) is 70.4 Å². The number of hydrogen-bond acceptors (Lipinski definition) is 9. The Bertz CT molecular complexity index is 2200. The van der Waals surface area contributed by atoms with Gasteiger partial charge in [0.2, 0.25) is 0 Å². The predicted octanol–water partition coefficient (Wildman–Crippen LogP) is 7.31. The fourth-order valence-electron chi connectivity index (χ4n) is 7.36. The number of unbranched alkanes of at least 4 members (excludes halogenated alkanes) is 2. The molecule has 0 saturated carbocycles. The van der Waals surface area contributed by atoms with Gasteiger partial charge in [0.25, 0.3) is 0 Å². The van der Waals surface area contributed by atoms with Crippen molar-refractivity contribution in [3.8, 4) is 28.7 Å². The topological polar surface area (TPSA) is 127 Å². The lowest BCUT2D eigenvalue weighted by atomic mass is 9.80. The summed E-state index contributed by atoms with van der Waals surface area (Å²) >= 11 is 0. The summed E-state index contributed by atoms with van der Waals surface area (Å²) in [5, 5.41) is 30.7. The van der Waals surface area contributed by atoms with E-state index in [0.29, 0.717) is 62.2 Å². The maximum absolute atomic E-state index is 13.9. The second-order valence-electron chi connectivity index (χ2n) is 12.1. The quantitative estimate of drug-likeness (QED) is 0.0459. The van der Waals surface area contributed by atoms with Crippen LogP contribution in [0.15, 0.2) is 32.3 Å². The van der Waals surface area contributed by atoms with E-state index in [0.717, 1.165) is 37.0 Å². The molecule has 0 spiro atoms. The highest BCUT2D eigenvalue weighted by Crippen LogP contribution is 2.58. The summed E-state index contributed by atoms with van der Waals surface area (Å²) in [5.41, 5.74) is 2.62. The summed E-state index contributed by atoms with van der Waals surface area (Å²) < 4.78 is 17.6. The van der Waals surface area contributed by atoms with Crippen molar-refractivity contribution in [3.05, 3.63) is 49.3 Å². The highest BCUT2D eigenvalue weighted by Gasteiger charge is 2.36. The van der Waals surface area contributed by atoms with Gasteiger partial charge in [0.1, 0.15) is 11.5 Å². The molecule has 9 heteroatoms. The number of nitrogens with zero attached hydrogens (tertiary/aromatic N) is 1. The minimum absolute atomic E-state index is 0.0804. The number of aliphatic imine (C=N–C) groups is 1. The van der Waals surface area contributed by atoms with Gasteiger partial charge in [0.05, 0.1) is 37.8 Å². The van der Waals surface area contributed by atoms with E-state index in [1.54, 1.807) is 0 Å². The van der Waals surface area contributed by atoms with Gasteiger partial charge in [-0.15, -0.1) is 0 Å². The molecule has 0 amide bonds. The van der Waals surface area contributed by atoms with Crippen molar-refractivity contribution < 1.29 is 24.4 Å². The fourth-order valence-corrected chi connectivity index (χ4v) is 7.36. The van der Waals surface area contributed by atoms with E-state index < -0.39 is 16.8 Å². The summed E-state index contributed by atoms with van der Waals surface area (Å²) in [5.74, 6) is -0.170. The fraction of sp³-hybridized carbons (Fsp3) is 0.378. The molecule has 46 heavy (non-hydrogen) atoms. The Morgan fingerprint density at radius 1 is 0.804 bits per heavy atom. The van der Waals surface area contributed by atoms with Gasteiger partial charge in [-0.05, 0) is 32.1 Å². The average Bonchev–Trinajstić information content (AvgIpc) is 3.16.